The number of para-hydroxylation sites is 1. The van der Waals surface area contributed by atoms with Crippen molar-refractivity contribution >= 4 is 21.7 Å². The van der Waals surface area contributed by atoms with Gasteiger partial charge in [0.2, 0.25) is 5.95 Å². The van der Waals surface area contributed by atoms with Gasteiger partial charge in [-0.25, -0.2) is 23.1 Å². The quantitative estimate of drug-likeness (QED) is 0.829. The van der Waals surface area contributed by atoms with E-state index in [-0.39, 0.29) is 16.5 Å². The summed E-state index contributed by atoms with van der Waals surface area (Å²) < 4.78 is 26.7. The molecular formula is C12H14N4O2S. The normalized spacial score (nSPS) is 11.3. The minimum atomic E-state index is -3.78. The summed E-state index contributed by atoms with van der Waals surface area (Å²) in [6.45, 7) is 3.53. The predicted octanol–water partition coefficient (Wildman–Crippen LogP) is 1.48. The van der Waals surface area contributed by atoms with Crippen molar-refractivity contribution in [2.75, 3.05) is 10.5 Å². The average Bonchev–Trinajstić information content (AvgIpc) is 2.26. The molecule has 0 atom stereocenters. The number of benzene rings is 1. The van der Waals surface area contributed by atoms with Crippen molar-refractivity contribution in [3.05, 3.63) is 41.7 Å². The summed E-state index contributed by atoms with van der Waals surface area (Å²) >= 11 is 0. The fraction of sp³-hybridized carbons (Fsp3) is 0.167. The first-order chi connectivity index (χ1) is 8.88. The molecule has 0 bridgehead atoms. The van der Waals surface area contributed by atoms with Crippen LogP contribution in [0.3, 0.4) is 0 Å². The number of hydrogen-bond acceptors (Lipinski definition) is 5. The highest BCUT2D eigenvalue weighted by atomic mass is 32.2. The molecule has 0 amide bonds. The minimum absolute atomic E-state index is 0.0118. The molecule has 0 radical (unpaired) electrons. The van der Waals surface area contributed by atoms with E-state index in [0.717, 1.165) is 0 Å². The zero-order valence-corrected chi connectivity index (χ0v) is 11.4. The highest BCUT2D eigenvalue weighted by Gasteiger charge is 2.18. The summed E-state index contributed by atoms with van der Waals surface area (Å²) in [5, 5.41) is 0. The van der Waals surface area contributed by atoms with Crippen molar-refractivity contribution in [2.45, 2.75) is 18.7 Å². The molecule has 1 heterocycles. The lowest BCUT2D eigenvalue weighted by molar-refractivity contribution is 0.601. The van der Waals surface area contributed by atoms with Gasteiger partial charge in [0, 0.05) is 11.4 Å². The van der Waals surface area contributed by atoms with Crippen LogP contribution in [0.25, 0.3) is 0 Å². The number of rotatable bonds is 3. The van der Waals surface area contributed by atoms with E-state index in [4.69, 9.17) is 5.73 Å². The van der Waals surface area contributed by atoms with Crippen LogP contribution in [0, 0.1) is 13.8 Å². The summed E-state index contributed by atoms with van der Waals surface area (Å²) in [7, 11) is -3.78. The average molecular weight is 278 g/mol. The van der Waals surface area contributed by atoms with Gasteiger partial charge in [0.25, 0.3) is 10.0 Å². The maximum Gasteiger partial charge on any atom is 0.266 e. The van der Waals surface area contributed by atoms with E-state index < -0.39 is 10.0 Å². The molecule has 100 valence electrons. The third kappa shape index (κ3) is 3.00. The van der Waals surface area contributed by atoms with E-state index in [0.29, 0.717) is 11.4 Å². The van der Waals surface area contributed by atoms with Gasteiger partial charge in [-0.2, -0.15) is 0 Å². The first kappa shape index (κ1) is 13.3. The van der Waals surface area contributed by atoms with Crippen molar-refractivity contribution in [3.63, 3.8) is 0 Å². The Bertz CT molecular complexity index is 693. The molecule has 6 nitrogen and oxygen atoms in total. The van der Waals surface area contributed by atoms with Crippen molar-refractivity contribution in [3.8, 4) is 0 Å². The maximum atomic E-state index is 12.2. The maximum absolute atomic E-state index is 12.2. The lowest BCUT2D eigenvalue weighted by Crippen LogP contribution is -2.17. The molecule has 0 aliphatic carbocycles. The molecule has 0 aliphatic heterocycles. The summed E-state index contributed by atoms with van der Waals surface area (Å²) in [6.07, 6.45) is 0. The van der Waals surface area contributed by atoms with Gasteiger partial charge >= 0.3 is 0 Å². The van der Waals surface area contributed by atoms with Gasteiger partial charge in [-0.1, -0.05) is 12.1 Å². The zero-order chi connectivity index (χ0) is 14.0. The van der Waals surface area contributed by atoms with Crippen LogP contribution in [0.4, 0.5) is 11.6 Å². The smallest absolute Gasteiger partial charge is 0.266 e. The van der Waals surface area contributed by atoms with Gasteiger partial charge in [0.1, 0.15) is 4.90 Å². The molecule has 0 aliphatic rings. The Labute approximate surface area is 111 Å². The molecule has 1 aromatic carbocycles. The number of anilines is 2. The largest absolute Gasteiger partial charge is 0.398 e. The Balaban J connectivity index is 2.39. The van der Waals surface area contributed by atoms with Crippen LogP contribution >= 0.6 is 0 Å². The SMILES string of the molecule is Cc1cc(C)nc(NS(=O)(=O)c2ccccc2N)n1. The van der Waals surface area contributed by atoms with Crippen molar-refractivity contribution in [2.24, 2.45) is 0 Å². The lowest BCUT2D eigenvalue weighted by Gasteiger charge is -2.09. The van der Waals surface area contributed by atoms with Gasteiger partial charge in [-0.05, 0) is 32.0 Å². The van der Waals surface area contributed by atoms with Crippen molar-refractivity contribution in [1.82, 2.24) is 9.97 Å². The summed E-state index contributed by atoms with van der Waals surface area (Å²) in [5.74, 6) is 0.0424. The van der Waals surface area contributed by atoms with Crippen LogP contribution in [0.2, 0.25) is 0 Å². The van der Waals surface area contributed by atoms with Gasteiger partial charge in [0.15, 0.2) is 0 Å². The second-order valence-electron chi connectivity index (χ2n) is 4.12. The molecule has 3 N–H and O–H groups in total. The van der Waals surface area contributed by atoms with E-state index in [1.165, 1.54) is 12.1 Å². The number of aromatic nitrogens is 2. The third-order valence-electron chi connectivity index (χ3n) is 2.42. The standard InChI is InChI=1S/C12H14N4O2S/c1-8-7-9(2)15-12(14-8)16-19(17,18)11-6-4-3-5-10(11)13/h3-7H,13H2,1-2H3,(H,14,15,16). The highest BCUT2D eigenvalue weighted by Crippen LogP contribution is 2.19. The fourth-order valence-corrected chi connectivity index (χ4v) is 2.75. The Morgan fingerprint density at radius 3 is 2.26 bits per heavy atom. The molecule has 1 aromatic heterocycles. The Hall–Kier alpha value is -2.15. The lowest BCUT2D eigenvalue weighted by atomic mass is 10.3. The Kier molecular flexibility index (Phi) is 3.39. The summed E-state index contributed by atoms with van der Waals surface area (Å²) in [4.78, 5) is 8.08. The Morgan fingerprint density at radius 1 is 1.11 bits per heavy atom. The van der Waals surface area contributed by atoms with Crippen LogP contribution < -0.4 is 10.5 Å². The number of nitrogen functional groups attached to an aromatic ring is 1. The van der Waals surface area contributed by atoms with E-state index in [2.05, 4.69) is 14.7 Å². The number of sulfonamides is 1. The van der Waals surface area contributed by atoms with Crippen LogP contribution in [0.5, 0.6) is 0 Å². The number of aryl methyl sites for hydroxylation is 2. The minimum Gasteiger partial charge on any atom is -0.398 e. The van der Waals surface area contributed by atoms with Crippen LogP contribution in [0.15, 0.2) is 35.2 Å². The first-order valence-electron chi connectivity index (χ1n) is 5.58. The Morgan fingerprint density at radius 2 is 1.68 bits per heavy atom. The number of hydrogen-bond donors (Lipinski definition) is 2. The molecule has 0 saturated heterocycles. The fourth-order valence-electron chi connectivity index (χ4n) is 1.67. The monoisotopic (exact) mass is 278 g/mol. The molecule has 0 unspecified atom stereocenters. The molecule has 0 saturated carbocycles. The molecule has 0 spiro atoms. The third-order valence-corrected chi connectivity index (χ3v) is 3.82. The zero-order valence-electron chi connectivity index (χ0n) is 10.6. The highest BCUT2D eigenvalue weighted by molar-refractivity contribution is 7.92. The van der Waals surface area contributed by atoms with Crippen LogP contribution in [-0.4, -0.2) is 18.4 Å². The summed E-state index contributed by atoms with van der Waals surface area (Å²) in [5.41, 5.74) is 7.21. The van der Waals surface area contributed by atoms with Gasteiger partial charge < -0.3 is 5.73 Å². The van der Waals surface area contributed by atoms with Gasteiger partial charge in [-0.15, -0.1) is 0 Å². The molecule has 7 heteroatoms. The van der Waals surface area contributed by atoms with Gasteiger partial charge in [0.05, 0.1) is 5.69 Å². The van der Waals surface area contributed by atoms with Crippen molar-refractivity contribution < 1.29 is 8.42 Å². The first-order valence-corrected chi connectivity index (χ1v) is 7.06. The summed E-state index contributed by atoms with van der Waals surface area (Å²) in [6, 6.07) is 7.99. The van der Waals surface area contributed by atoms with E-state index in [1.54, 1.807) is 32.0 Å². The second-order valence-corrected chi connectivity index (χ2v) is 5.77. The number of nitrogens with two attached hydrogens (primary N) is 1. The topological polar surface area (TPSA) is 98.0 Å². The van der Waals surface area contributed by atoms with E-state index in [9.17, 15) is 8.42 Å². The van der Waals surface area contributed by atoms with Crippen LogP contribution in [-0.2, 0) is 10.0 Å². The van der Waals surface area contributed by atoms with Crippen LogP contribution in [0.1, 0.15) is 11.4 Å². The molecule has 0 fully saturated rings. The van der Waals surface area contributed by atoms with Gasteiger partial charge in [-0.3, -0.25) is 0 Å². The number of nitrogens with one attached hydrogen (secondary N) is 1. The van der Waals surface area contributed by atoms with Crippen molar-refractivity contribution in [1.29, 1.82) is 0 Å². The molecule has 2 rings (SSSR count). The molecule has 2 aromatic rings. The van der Waals surface area contributed by atoms with E-state index in [1.807, 2.05) is 0 Å². The molecular weight excluding hydrogens is 264 g/mol. The molecule has 19 heavy (non-hydrogen) atoms. The predicted molar refractivity (Wildman–Crippen MR) is 73.2 cm³/mol. The van der Waals surface area contributed by atoms with E-state index >= 15 is 0 Å². The second kappa shape index (κ2) is 4.85. The number of nitrogens with zero attached hydrogens (tertiary/aromatic N) is 2.